The Morgan fingerprint density at radius 2 is 1.53 bits per heavy atom. The van der Waals surface area contributed by atoms with Crippen LogP contribution in [0, 0.1) is 0 Å². The first-order valence-corrected chi connectivity index (χ1v) is 11.9. The fourth-order valence-corrected chi connectivity index (χ4v) is 4.89. The van der Waals surface area contributed by atoms with Crippen LogP contribution in [0.1, 0.15) is 16.2 Å². The molecule has 0 saturated heterocycles. The number of allylic oxidation sites excluding steroid dienone is 1. The van der Waals surface area contributed by atoms with Gasteiger partial charge in [-0.1, -0.05) is 12.1 Å². The second-order valence-corrected chi connectivity index (χ2v) is 8.80. The van der Waals surface area contributed by atoms with Gasteiger partial charge in [-0.2, -0.15) is 0 Å². The van der Waals surface area contributed by atoms with E-state index in [4.69, 9.17) is 14.2 Å². The second kappa shape index (κ2) is 10.8. The molecule has 7 nitrogen and oxygen atoms in total. The summed E-state index contributed by atoms with van der Waals surface area (Å²) in [6, 6.07) is 7.49. The molecule has 0 aliphatic carbocycles. The van der Waals surface area contributed by atoms with Crippen molar-refractivity contribution < 1.29 is 23.8 Å². The number of hydrogen-bond donors (Lipinski definition) is 0. The Labute approximate surface area is 193 Å². The van der Waals surface area contributed by atoms with E-state index < -0.39 is 0 Å². The van der Waals surface area contributed by atoms with Crippen molar-refractivity contribution >= 4 is 57.1 Å². The average Bonchev–Trinajstić information content (AvgIpc) is 3.50. The normalized spacial score (nSPS) is 16.1. The van der Waals surface area contributed by atoms with Crippen LogP contribution in [0.3, 0.4) is 0 Å². The van der Waals surface area contributed by atoms with Crippen molar-refractivity contribution in [1.29, 1.82) is 0 Å². The summed E-state index contributed by atoms with van der Waals surface area (Å²) in [7, 11) is 1.62. The van der Waals surface area contributed by atoms with Crippen LogP contribution in [0.5, 0.6) is 0 Å². The summed E-state index contributed by atoms with van der Waals surface area (Å²) >= 11 is 2.91. The van der Waals surface area contributed by atoms with Crippen LogP contribution in [0.2, 0.25) is 0 Å². The summed E-state index contributed by atoms with van der Waals surface area (Å²) in [5, 5.41) is 3.80. The number of methoxy groups -OCH3 is 1. The third-order valence-corrected chi connectivity index (χ3v) is 6.64. The van der Waals surface area contributed by atoms with Gasteiger partial charge in [0.2, 0.25) is 0 Å². The zero-order valence-corrected chi connectivity index (χ0v) is 19.2. The summed E-state index contributed by atoms with van der Waals surface area (Å²) in [4.78, 5) is 36.0. The van der Waals surface area contributed by atoms with E-state index in [1.54, 1.807) is 13.2 Å². The molecule has 2 aromatic heterocycles. The second-order valence-electron chi connectivity index (χ2n) is 6.90. The van der Waals surface area contributed by atoms with Crippen LogP contribution in [0.25, 0.3) is 11.1 Å². The number of ether oxygens (including phenoxy) is 3. The Kier molecular flexibility index (Phi) is 7.67. The van der Waals surface area contributed by atoms with E-state index in [1.807, 2.05) is 35.0 Å². The number of amides is 2. The van der Waals surface area contributed by atoms with Crippen molar-refractivity contribution in [2.45, 2.75) is 6.42 Å². The number of carbonyl (C=O) groups excluding carboxylic acids is 2. The van der Waals surface area contributed by atoms with Crippen LogP contribution in [0.15, 0.2) is 56.7 Å². The van der Waals surface area contributed by atoms with Gasteiger partial charge in [0.25, 0.3) is 11.8 Å². The Balaban J connectivity index is 1.54. The lowest BCUT2D eigenvalue weighted by atomic mass is 9.90. The Bertz CT molecular complexity index is 1100. The molecule has 2 amide bonds. The minimum Gasteiger partial charge on any atom is -0.382 e. The molecule has 4 rings (SSSR count). The van der Waals surface area contributed by atoms with Gasteiger partial charge < -0.3 is 14.2 Å². The molecule has 2 aromatic rings. The molecule has 166 valence electrons. The molecule has 0 bridgehead atoms. The molecule has 0 aromatic carbocycles. The summed E-state index contributed by atoms with van der Waals surface area (Å²) in [6.45, 7) is 2.30. The number of nitrogens with zero attached hydrogens (tertiary/aromatic N) is 2. The van der Waals surface area contributed by atoms with Crippen molar-refractivity contribution in [2.24, 2.45) is 9.98 Å². The van der Waals surface area contributed by atoms with Gasteiger partial charge in [-0.15, -0.1) is 22.7 Å². The number of fused-ring (bicyclic) bond motifs is 1. The quantitative estimate of drug-likeness (QED) is 0.468. The minimum absolute atomic E-state index is 0.324. The summed E-state index contributed by atoms with van der Waals surface area (Å²) in [6.07, 6.45) is 2.11. The summed E-state index contributed by atoms with van der Waals surface area (Å²) in [5.74, 6) is -0.651. The van der Waals surface area contributed by atoms with Crippen molar-refractivity contribution in [3.8, 4) is 0 Å². The van der Waals surface area contributed by atoms with E-state index in [0.717, 1.165) is 9.75 Å². The number of carbonyl (C=O) groups is 2. The third-order valence-electron chi connectivity index (χ3n) is 4.85. The molecule has 0 spiro atoms. The maximum atomic E-state index is 13.0. The molecular weight excluding hydrogens is 448 g/mol. The van der Waals surface area contributed by atoms with Gasteiger partial charge in [-0.05, 0) is 41.0 Å². The Morgan fingerprint density at radius 3 is 2.22 bits per heavy atom. The van der Waals surface area contributed by atoms with Crippen molar-refractivity contribution in [1.82, 2.24) is 0 Å². The molecule has 0 atom stereocenters. The third kappa shape index (κ3) is 5.08. The zero-order valence-electron chi connectivity index (χ0n) is 17.5. The van der Waals surface area contributed by atoms with E-state index in [-0.39, 0.29) is 11.8 Å². The van der Waals surface area contributed by atoms with Crippen molar-refractivity contribution in [3.05, 3.63) is 56.4 Å². The van der Waals surface area contributed by atoms with Crippen molar-refractivity contribution in [3.63, 3.8) is 0 Å². The van der Waals surface area contributed by atoms with Crippen LogP contribution >= 0.6 is 22.7 Å². The number of hydrogen-bond acceptors (Lipinski definition) is 7. The fourth-order valence-electron chi connectivity index (χ4n) is 3.37. The monoisotopic (exact) mass is 470 g/mol. The van der Waals surface area contributed by atoms with Gasteiger partial charge in [0.1, 0.15) is 0 Å². The molecular formula is C23H22N2O5S2. The molecule has 0 saturated carbocycles. The number of dihydropyridines is 2. The summed E-state index contributed by atoms with van der Waals surface area (Å²) < 4.78 is 16.0. The molecule has 2 aliphatic heterocycles. The van der Waals surface area contributed by atoms with Crippen LogP contribution in [-0.4, -0.2) is 63.4 Å². The molecule has 4 heterocycles. The molecule has 0 N–H and O–H groups in total. The highest BCUT2D eigenvalue weighted by Crippen LogP contribution is 2.34. The average molecular weight is 471 g/mol. The lowest BCUT2D eigenvalue weighted by molar-refractivity contribution is -0.113. The fraction of sp³-hybridized carbons (Fsp3) is 0.304. The zero-order chi connectivity index (χ0) is 22.3. The predicted molar refractivity (Wildman–Crippen MR) is 127 cm³/mol. The van der Waals surface area contributed by atoms with Crippen LogP contribution in [-0.2, 0) is 23.8 Å². The highest BCUT2D eigenvalue weighted by atomic mass is 32.1. The predicted octanol–water partition coefficient (Wildman–Crippen LogP) is 3.68. The van der Waals surface area contributed by atoms with Crippen molar-refractivity contribution in [2.75, 3.05) is 40.1 Å². The largest absolute Gasteiger partial charge is 0.382 e. The smallest absolute Gasteiger partial charge is 0.279 e. The van der Waals surface area contributed by atoms with Gasteiger partial charge in [-0.3, -0.25) is 9.59 Å². The maximum Gasteiger partial charge on any atom is 0.279 e. The van der Waals surface area contributed by atoms with Gasteiger partial charge in [-0.25, -0.2) is 9.98 Å². The summed E-state index contributed by atoms with van der Waals surface area (Å²) in [5.41, 5.74) is 2.52. The standard InChI is InChI=1S/C23H22N2O5S2/c1-28-8-9-30-11-10-29-7-6-15-20(19-5-3-13-32-19)23(27)24-17-14-16(18-4-2-12-31-18)22(26)25-21(15)17/h2-5,12-14H,6-11H2,1H3. The van der Waals surface area contributed by atoms with E-state index >= 15 is 0 Å². The van der Waals surface area contributed by atoms with Gasteiger partial charge in [0.05, 0.1) is 55.6 Å². The topological polar surface area (TPSA) is 86.5 Å². The first-order chi connectivity index (χ1) is 15.7. The molecule has 9 heteroatoms. The molecule has 32 heavy (non-hydrogen) atoms. The maximum absolute atomic E-state index is 13.0. The van der Waals surface area contributed by atoms with Gasteiger partial charge in [0, 0.05) is 16.9 Å². The SMILES string of the molecule is COCCOCCOCCC1=C(c2cccs2)C(=O)N=C2C=C(c3cccs3)C(=O)N=C21. The van der Waals surface area contributed by atoms with E-state index in [9.17, 15) is 9.59 Å². The lowest BCUT2D eigenvalue weighted by Gasteiger charge is -2.22. The van der Waals surface area contributed by atoms with E-state index in [0.29, 0.717) is 67.6 Å². The molecule has 0 fully saturated rings. The molecule has 2 aliphatic rings. The first kappa shape index (κ1) is 22.6. The van der Waals surface area contributed by atoms with Crippen LogP contribution < -0.4 is 0 Å². The lowest BCUT2D eigenvalue weighted by Crippen LogP contribution is -2.29. The highest BCUT2D eigenvalue weighted by molar-refractivity contribution is 7.12. The molecule has 0 radical (unpaired) electrons. The van der Waals surface area contributed by atoms with E-state index in [2.05, 4.69) is 9.98 Å². The number of rotatable bonds is 11. The molecule has 0 unspecified atom stereocenters. The number of thiophene rings is 2. The Hall–Kier alpha value is -2.56. The van der Waals surface area contributed by atoms with Gasteiger partial charge >= 0.3 is 0 Å². The van der Waals surface area contributed by atoms with Crippen LogP contribution in [0.4, 0.5) is 0 Å². The first-order valence-electron chi connectivity index (χ1n) is 10.1. The highest BCUT2D eigenvalue weighted by Gasteiger charge is 2.33. The minimum atomic E-state index is -0.328. The van der Waals surface area contributed by atoms with Gasteiger partial charge in [0.15, 0.2) is 0 Å². The number of aliphatic imine (C=N–C) groups is 2. The van der Waals surface area contributed by atoms with E-state index in [1.165, 1.54) is 22.7 Å². The Morgan fingerprint density at radius 1 is 0.844 bits per heavy atom.